The minimum atomic E-state index is -0.0521. The van der Waals surface area contributed by atoms with E-state index in [-0.39, 0.29) is 5.56 Å². The Hall–Kier alpha value is -3.13. The number of hydrogen-bond donors (Lipinski definition) is 1. The molecule has 0 aliphatic rings. The average molecular weight is 299 g/mol. The van der Waals surface area contributed by atoms with E-state index >= 15 is 0 Å². The van der Waals surface area contributed by atoms with Gasteiger partial charge in [0, 0.05) is 11.6 Å². The van der Waals surface area contributed by atoms with E-state index in [4.69, 9.17) is 0 Å². The maximum atomic E-state index is 10.8. The number of pyridine rings is 1. The molecule has 4 rings (SSSR count). The molecule has 23 heavy (non-hydrogen) atoms. The number of fused-ring (bicyclic) bond motifs is 1. The molecule has 0 atom stereocenters. The highest BCUT2D eigenvalue weighted by molar-refractivity contribution is 5.77. The van der Waals surface area contributed by atoms with Crippen molar-refractivity contribution >= 4 is 10.9 Å². The highest BCUT2D eigenvalue weighted by atomic mass is 16.1. The summed E-state index contributed by atoms with van der Waals surface area (Å²) in [5.74, 6) is 0. The van der Waals surface area contributed by atoms with E-state index in [0.29, 0.717) is 0 Å². The van der Waals surface area contributed by atoms with Gasteiger partial charge in [0.1, 0.15) is 0 Å². The number of rotatable bonds is 1. The lowest BCUT2D eigenvalue weighted by Gasteiger charge is -1.98. The molecule has 0 aliphatic carbocycles. The van der Waals surface area contributed by atoms with E-state index in [1.807, 2.05) is 42.5 Å². The lowest BCUT2D eigenvalue weighted by molar-refractivity contribution is 1.31. The molecule has 2 nitrogen and oxygen atoms in total. The lowest BCUT2D eigenvalue weighted by atomic mass is 10.1. The molecule has 112 valence electrons. The van der Waals surface area contributed by atoms with Crippen molar-refractivity contribution in [3.63, 3.8) is 0 Å². The summed E-state index contributed by atoms with van der Waals surface area (Å²) >= 11 is 0. The van der Waals surface area contributed by atoms with Crippen LogP contribution in [0.3, 0.4) is 0 Å². The van der Waals surface area contributed by atoms with Crippen LogP contribution in [0.5, 0.6) is 0 Å². The van der Waals surface area contributed by atoms with Crippen LogP contribution in [0.4, 0.5) is 0 Å². The zero-order valence-electron chi connectivity index (χ0n) is 12.6. The fourth-order valence-electron chi connectivity index (χ4n) is 2.36. The standard InChI is InChI=1S/C12H10.C9H7NO/c1-3-7-11(8-4-1)12-9-5-2-6-10-12;11-9-6-5-7-3-1-2-4-8(7)10-9/h1-10H;1-6H,(H,10,11). The number of hydrogen-bond acceptors (Lipinski definition) is 1. The number of nitrogens with one attached hydrogen (secondary N) is 1. The first-order valence-electron chi connectivity index (χ1n) is 7.51. The first-order chi connectivity index (χ1) is 11.3. The third kappa shape index (κ3) is 3.95. The second kappa shape index (κ2) is 7.23. The van der Waals surface area contributed by atoms with Gasteiger partial charge in [-0.15, -0.1) is 0 Å². The van der Waals surface area contributed by atoms with E-state index in [2.05, 4.69) is 53.5 Å². The summed E-state index contributed by atoms with van der Waals surface area (Å²) in [6, 6.07) is 31.8. The Morgan fingerprint density at radius 2 is 1.04 bits per heavy atom. The second-order valence-corrected chi connectivity index (χ2v) is 5.14. The molecule has 1 heterocycles. The molecule has 1 N–H and O–H groups in total. The summed E-state index contributed by atoms with van der Waals surface area (Å²) < 4.78 is 0. The highest BCUT2D eigenvalue weighted by Crippen LogP contribution is 2.17. The zero-order valence-corrected chi connectivity index (χ0v) is 12.6. The van der Waals surface area contributed by atoms with Crippen molar-refractivity contribution in [2.24, 2.45) is 0 Å². The Morgan fingerprint density at radius 3 is 1.65 bits per heavy atom. The average Bonchev–Trinajstić information content (AvgIpc) is 2.64. The number of aromatic nitrogens is 1. The Balaban J connectivity index is 0.000000136. The van der Waals surface area contributed by atoms with Gasteiger partial charge >= 0.3 is 0 Å². The smallest absolute Gasteiger partial charge is 0.248 e. The molecule has 0 fully saturated rings. The molecule has 0 aliphatic heterocycles. The van der Waals surface area contributed by atoms with E-state index in [1.54, 1.807) is 0 Å². The monoisotopic (exact) mass is 299 g/mol. The van der Waals surface area contributed by atoms with Gasteiger partial charge in [0.15, 0.2) is 0 Å². The van der Waals surface area contributed by atoms with Crippen molar-refractivity contribution in [1.29, 1.82) is 0 Å². The topological polar surface area (TPSA) is 32.9 Å². The molecular weight excluding hydrogens is 282 g/mol. The number of aromatic amines is 1. The third-order valence-corrected chi connectivity index (χ3v) is 3.51. The minimum Gasteiger partial charge on any atom is -0.322 e. The molecule has 3 aromatic carbocycles. The predicted molar refractivity (Wildman–Crippen MR) is 96.4 cm³/mol. The predicted octanol–water partition coefficient (Wildman–Crippen LogP) is 4.88. The molecule has 4 aromatic rings. The van der Waals surface area contributed by atoms with Gasteiger partial charge in [-0.3, -0.25) is 4.79 Å². The third-order valence-electron chi connectivity index (χ3n) is 3.51. The molecule has 0 bridgehead atoms. The van der Waals surface area contributed by atoms with Gasteiger partial charge < -0.3 is 4.98 Å². The van der Waals surface area contributed by atoms with Crippen LogP contribution in [0.1, 0.15) is 0 Å². The van der Waals surface area contributed by atoms with Crippen molar-refractivity contribution in [2.45, 2.75) is 0 Å². The Kier molecular flexibility index (Phi) is 4.65. The molecule has 0 spiro atoms. The van der Waals surface area contributed by atoms with Crippen molar-refractivity contribution in [2.75, 3.05) is 0 Å². The molecule has 0 radical (unpaired) electrons. The summed E-state index contributed by atoms with van der Waals surface area (Å²) in [5.41, 5.74) is 3.39. The van der Waals surface area contributed by atoms with Crippen LogP contribution in [0.25, 0.3) is 22.0 Å². The van der Waals surface area contributed by atoms with E-state index in [0.717, 1.165) is 10.9 Å². The molecule has 0 amide bonds. The van der Waals surface area contributed by atoms with Crippen LogP contribution in [-0.2, 0) is 0 Å². The Bertz CT molecular complexity index is 890. The summed E-state index contributed by atoms with van der Waals surface area (Å²) in [6.45, 7) is 0. The van der Waals surface area contributed by atoms with Crippen LogP contribution in [0, 0.1) is 0 Å². The minimum absolute atomic E-state index is 0.0521. The maximum Gasteiger partial charge on any atom is 0.248 e. The van der Waals surface area contributed by atoms with Gasteiger partial charge in [0.2, 0.25) is 5.56 Å². The largest absolute Gasteiger partial charge is 0.322 e. The van der Waals surface area contributed by atoms with Gasteiger partial charge in [-0.2, -0.15) is 0 Å². The van der Waals surface area contributed by atoms with Gasteiger partial charge in [-0.25, -0.2) is 0 Å². The highest BCUT2D eigenvalue weighted by Gasteiger charge is 1.92. The van der Waals surface area contributed by atoms with Crippen molar-refractivity contribution in [3.8, 4) is 11.1 Å². The molecule has 0 unspecified atom stereocenters. The molecule has 0 saturated carbocycles. The van der Waals surface area contributed by atoms with Crippen molar-refractivity contribution in [1.82, 2.24) is 4.98 Å². The van der Waals surface area contributed by atoms with Crippen LogP contribution < -0.4 is 5.56 Å². The van der Waals surface area contributed by atoms with Crippen LogP contribution in [-0.4, -0.2) is 4.98 Å². The number of benzene rings is 3. The summed E-state index contributed by atoms with van der Waals surface area (Å²) in [4.78, 5) is 13.6. The van der Waals surface area contributed by atoms with E-state index in [9.17, 15) is 4.79 Å². The number of H-pyrrole nitrogens is 1. The number of para-hydroxylation sites is 1. The molecule has 0 saturated heterocycles. The Labute approximate surface area is 135 Å². The summed E-state index contributed by atoms with van der Waals surface area (Å²) in [6.07, 6.45) is 0. The first-order valence-corrected chi connectivity index (χ1v) is 7.51. The fraction of sp³-hybridized carbons (Fsp3) is 0. The normalized spacial score (nSPS) is 9.91. The van der Waals surface area contributed by atoms with Crippen LogP contribution >= 0.6 is 0 Å². The second-order valence-electron chi connectivity index (χ2n) is 5.14. The molecular formula is C21H17NO. The molecule has 1 aromatic heterocycles. The quantitative estimate of drug-likeness (QED) is 0.534. The lowest BCUT2D eigenvalue weighted by Crippen LogP contribution is -2.01. The fourth-order valence-corrected chi connectivity index (χ4v) is 2.36. The summed E-state index contributed by atoms with van der Waals surface area (Å²) in [5, 5.41) is 1.06. The van der Waals surface area contributed by atoms with E-state index < -0.39 is 0 Å². The van der Waals surface area contributed by atoms with Gasteiger partial charge in [0.05, 0.1) is 0 Å². The molecule has 2 heteroatoms. The van der Waals surface area contributed by atoms with Crippen molar-refractivity contribution < 1.29 is 0 Å². The van der Waals surface area contributed by atoms with Gasteiger partial charge in [-0.1, -0.05) is 78.9 Å². The van der Waals surface area contributed by atoms with Gasteiger partial charge in [-0.05, 0) is 28.6 Å². The van der Waals surface area contributed by atoms with Gasteiger partial charge in [0.25, 0.3) is 0 Å². The van der Waals surface area contributed by atoms with Crippen molar-refractivity contribution in [3.05, 3.63) is 107 Å². The van der Waals surface area contributed by atoms with Crippen LogP contribution in [0.2, 0.25) is 0 Å². The summed E-state index contributed by atoms with van der Waals surface area (Å²) in [7, 11) is 0. The first kappa shape index (κ1) is 14.8. The SMILES string of the molecule is O=c1ccc2ccccc2[nH]1.c1ccc(-c2ccccc2)cc1. The zero-order chi connectivity index (χ0) is 15.9. The Morgan fingerprint density at radius 1 is 0.522 bits per heavy atom. The maximum absolute atomic E-state index is 10.8. The van der Waals surface area contributed by atoms with E-state index in [1.165, 1.54) is 17.2 Å². The van der Waals surface area contributed by atoms with Crippen LogP contribution in [0.15, 0.2) is 102 Å².